The molecule has 0 amide bonds. The number of nitrogens with two attached hydrogens (primary N) is 1. The van der Waals surface area contributed by atoms with E-state index in [1.807, 2.05) is 0 Å². The maximum Gasteiger partial charge on any atom is 0.0371 e. The first-order valence-corrected chi connectivity index (χ1v) is 7.25. The van der Waals surface area contributed by atoms with Crippen LogP contribution in [-0.2, 0) is 6.54 Å². The van der Waals surface area contributed by atoms with Crippen LogP contribution in [0.1, 0.15) is 30.0 Å². The van der Waals surface area contributed by atoms with Crippen molar-refractivity contribution in [2.45, 2.75) is 25.4 Å². The normalized spacial score (nSPS) is 19.8. The summed E-state index contributed by atoms with van der Waals surface area (Å²) in [6, 6.07) is 9.37. The monoisotopic (exact) mass is 261 g/mol. The molecule has 1 aliphatic heterocycles. The topological polar surface area (TPSA) is 32.5 Å². The molecule has 3 nitrogen and oxygen atoms in total. The molecule has 1 aromatic carbocycles. The Balaban J connectivity index is 2.14. The van der Waals surface area contributed by atoms with Crippen molar-refractivity contribution in [1.82, 2.24) is 9.80 Å². The molecule has 2 rings (SSSR count). The Morgan fingerprint density at radius 3 is 2.26 bits per heavy atom. The number of likely N-dealkylation sites (tertiary alicyclic amines) is 1. The van der Waals surface area contributed by atoms with Gasteiger partial charge in [0.15, 0.2) is 0 Å². The molecule has 1 heterocycles. The summed E-state index contributed by atoms with van der Waals surface area (Å²) < 4.78 is 0. The molecule has 0 bridgehead atoms. The molecule has 0 radical (unpaired) electrons. The minimum atomic E-state index is 0.528. The van der Waals surface area contributed by atoms with Crippen molar-refractivity contribution in [3.63, 3.8) is 0 Å². The van der Waals surface area contributed by atoms with Gasteiger partial charge in [0.2, 0.25) is 0 Å². The maximum atomic E-state index is 5.68. The van der Waals surface area contributed by atoms with Gasteiger partial charge in [-0.1, -0.05) is 24.3 Å². The van der Waals surface area contributed by atoms with Gasteiger partial charge in [-0.2, -0.15) is 0 Å². The van der Waals surface area contributed by atoms with Crippen molar-refractivity contribution < 1.29 is 0 Å². The third-order valence-corrected chi connectivity index (χ3v) is 4.32. The van der Waals surface area contributed by atoms with Crippen molar-refractivity contribution in [3.8, 4) is 0 Å². The summed E-state index contributed by atoms with van der Waals surface area (Å²) in [6.07, 6.45) is 2.58. The summed E-state index contributed by atoms with van der Waals surface area (Å²) in [7, 11) is 6.61. The van der Waals surface area contributed by atoms with Crippen molar-refractivity contribution >= 4 is 0 Å². The second-order valence-electron chi connectivity index (χ2n) is 5.99. The number of hydrogen-bond donors (Lipinski definition) is 1. The molecular weight excluding hydrogens is 234 g/mol. The Morgan fingerprint density at radius 2 is 1.79 bits per heavy atom. The summed E-state index contributed by atoms with van der Waals surface area (Å²) in [5.74, 6) is 0.759. The van der Waals surface area contributed by atoms with Crippen molar-refractivity contribution in [3.05, 3.63) is 35.4 Å². The van der Waals surface area contributed by atoms with E-state index >= 15 is 0 Å². The number of benzene rings is 1. The van der Waals surface area contributed by atoms with Gasteiger partial charge in [-0.3, -0.25) is 0 Å². The molecule has 1 saturated heterocycles. The lowest BCUT2D eigenvalue weighted by Crippen LogP contribution is -2.37. The van der Waals surface area contributed by atoms with Crippen LogP contribution in [0.25, 0.3) is 0 Å². The molecular formula is C16H27N3. The van der Waals surface area contributed by atoms with Crippen LogP contribution in [0.2, 0.25) is 0 Å². The summed E-state index contributed by atoms with van der Waals surface area (Å²) >= 11 is 0. The largest absolute Gasteiger partial charge is 0.326 e. The van der Waals surface area contributed by atoms with Gasteiger partial charge in [0.1, 0.15) is 0 Å². The number of rotatable bonds is 4. The lowest BCUT2D eigenvalue weighted by Gasteiger charge is -2.38. The minimum absolute atomic E-state index is 0.528. The van der Waals surface area contributed by atoms with Crippen LogP contribution in [0.3, 0.4) is 0 Å². The van der Waals surface area contributed by atoms with Gasteiger partial charge >= 0.3 is 0 Å². The van der Waals surface area contributed by atoms with E-state index < -0.39 is 0 Å². The summed E-state index contributed by atoms with van der Waals surface area (Å²) in [4.78, 5) is 4.80. The highest BCUT2D eigenvalue weighted by atomic mass is 15.1. The van der Waals surface area contributed by atoms with Crippen LogP contribution in [0.4, 0.5) is 0 Å². The van der Waals surface area contributed by atoms with E-state index in [1.165, 1.54) is 37.1 Å². The van der Waals surface area contributed by atoms with Gasteiger partial charge < -0.3 is 15.5 Å². The van der Waals surface area contributed by atoms with Crippen molar-refractivity contribution in [2.75, 3.05) is 34.2 Å². The first-order valence-electron chi connectivity index (χ1n) is 7.25. The molecule has 2 N–H and O–H groups in total. The number of hydrogen-bond acceptors (Lipinski definition) is 3. The van der Waals surface area contributed by atoms with Gasteiger partial charge in [-0.05, 0) is 64.1 Å². The third kappa shape index (κ3) is 3.56. The average molecular weight is 261 g/mol. The second kappa shape index (κ2) is 6.51. The lowest BCUT2D eigenvalue weighted by molar-refractivity contribution is 0.131. The molecule has 0 aromatic heterocycles. The van der Waals surface area contributed by atoms with Crippen LogP contribution in [-0.4, -0.2) is 44.0 Å². The SMILES string of the molecule is CN1CCC(C(c2ccc(CN)cc2)N(C)C)CC1. The summed E-state index contributed by atoms with van der Waals surface area (Å²) in [6.45, 7) is 3.06. The first-order chi connectivity index (χ1) is 9.11. The molecule has 19 heavy (non-hydrogen) atoms. The van der Waals surface area contributed by atoms with Crippen LogP contribution in [0.15, 0.2) is 24.3 Å². The van der Waals surface area contributed by atoms with Gasteiger partial charge in [0, 0.05) is 12.6 Å². The van der Waals surface area contributed by atoms with E-state index in [-0.39, 0.29) is 0 Å². The molecule has 1 aliphatic rings. The molecule has 1 fully saturated rings. The zero-order valence-corrected chi connectivity index (χ0v) is 12.5. The first kappa shape index (κ1) is 14.5. The van der Waals surface area contributed by atoms with Gasteiger partial charge in [-0.25, -0.2) is 0 Å². The van der Waals surface area contributed by atoms with Gasteiger partial charge in [-0.15, -0.1) is 0 Å². The lowest BCUT2D eigenvalue weighted by atomic mass is 9.84. The Morgan fingerprint density at radius 1 is 1.21 bits per heavy atom. The quantitative estimate of drug-likeness (QED) is 0.901. The van der Waals surface area contributed by atoms with Gasteiger partial charge in [0.05, 0.1) is 0 Å². The Labute approximate surface area is 117 Å². The van der Waals surface area contributed by atoms with E-state index in [4.69, 9.17) is 5.73 Å². The second-order valence-corrected chi connectivity index (χ2v) is 5.99. The van der Waals surface area contributed by atoms with Crippen LogP contribution in [0.5, 0.6) is 0 Å². The summed E-state index contributed by atoms with van der Waals surface area (Å²) in [5.41, 5.74) is 8.32. The highest BCUT2D eigenvalue weighted by Gasteiger charge is 2.27. The van der Waals surface area contributed by atoms with Crippen LogP contribution >= 0.6 is 0 Å². The predicted octanol–water partition coefficient (Wildman–Crippen LogP) is 2.09. The smallest absolute Gasteiger partial charge is 0.0371 e. The molecule has 0 spiro atoms. The fraction of sp³-hybridized carbons (Fsp3) is 0.625. The molecule has 0 saturated carbocycles. The summed E-state index contributed by atoms with van der Waals surface area (Å²) in [5, 5.41) is 0. The fourth-order valence-corrected chi connectivity index (χ4v) is 3.19. The standard InChI is InChI=1S/C16H27N3/c1-18(2)16(15-8-10-19(3)11-9-15)14-6-4-13(12-17)5-7-14/h4-7,15-16H,8-12,17H2,1-3H3. The minimum Gasteiger partial charge on any atom is -0.326 e. The fourth-order valence-electron chi connectivity index (χ4n) is 3.19. The Kier molecular flexibility index (Phi) is 4.97. The molecule has 1 atom stereocenters. The van der Waals surface area contributed by atoms with E-state index in [1.54, 1.807) is 0 Å². The highest BCUT2D eigenvalue weighted by molar-refractivity contribution is 5.25. The van der Waals surface area contributed by atoms with Crippen molar-refractivity contribution in [2.24, 2.45) is 11.7 Å². The molecule has 106 valence electrons. The number of piperidine rings is 1. The predicted molar refractivity (Wildman–Crippen MR) is 81.0 cm³/mol. The maximum absolute atomic E-state index is 5.68. The third-order valence-electron chi connectivity index (χ3n) is 4.32. The highest BCUT2D eigenvalue weighted by Crippen LogP contribution is 2.33. The number of nitrogens with zero attached hydrogens (tertiary/aromatic N) is 2. The Bertz CT molecular complexity index is 377. The molecule has 1 unspecified atom stereocenters. The molecule has 1 aromatic rings. The van der Waals surface area contributed by atoms with Crippen molar-refractivity contribution in [1.29, 1.82) is 0 Å². The molecule has 0 aliphatic carbocycles. The van der Waals surface area contributed by atoms with Crippen LogP contribution < -0.4 is 5.73 Å². The van der Waals surface area contributed by atoms with E-state index in [9.17, 15) is 0 Å². The average Bonchev–Trinajstić information content (AvgIpc) is 2.42. The molecule has 3 heteroatoms. The van der Waals surface area contributed by atoms with E-state index in [2.05, 4.69) is 55.2 Å². The zero-order chi connectivity index (χ0) is 13.8. The van der Waals surface area contributed by atoms with E-state index in [0.29, 0.717) is 12.6 Å². The van der Waals surface area contributed by atoms with E-state index in [0.717, 1.165) is 5.92 Å². The zero-order valence-electron chi connectivity index (χ0n) is 12.5. The Hall–Kier alpha value is -0.900. The van der Waals surface area contributed by atoms with Crippen LogP contribution in [0, 0.1) is 5.92 Å². The van der Waals surface area contributed by atoms with Gasteiger partial charge in [0.25, 0.3) is 0 Å².